The van der Waals surface area contributed by atoms with Gasteiger partial charge in [-0.15, -0.1) is 11.3 Å². The van der Waals surface area contributed by atoms with Crippen LogP contribution in [0.5, 0.6) is 5.75 Å². The number of carbonyl (C=O) groups is 1. The average molecular weight is 450 g/mol. The van der Waals surface area contributed by atoms with Crippen LogP contribution in [0.3, 0.4) is 0 Å². The van der Waals surface area contributed by atoms with Gasteiger partial charge in [-0.1, -0.05) is 55.3 Å². The van der Waals surface area contributed by atoms with Crippen molar-refractivity contribution < 1.29 is 9.53 Å². The first-order valence-corrected chi connectivity index (χ1v) is 12.2. The van der Waals surface area contributed by atoms with E-state index < -0.39 is 0 Å². The smallest absolute Gasteiger partial charge is 0.271 e. The highest BCUT2D eigenvalue weighted by molar-refractivity contribution is 7.15. The van der Waals surface area contributed by atoms with Crippen LogP contribution in [0.4, 0.5) is 0 Å². The molecule has 32 heavy (non-hydrogen) atoms. The van der Waals surface area contributed by atoms with Crippen LogP contribution in [0.15, 0.2) is 54.6 Å². The number of thiazole rings is 1. The summed E-state index contributed by atoms with van der Waals surface area (Å²) >= 11 is 1.57. The largest absolute Gasteiger partial charge is 0.497 e. The normalized spacial score (nSPS) is 15.7. The number of carbonyl (C=O) groups excluding carboxylic acids is 1. The highest BCUT2D eigenvalue weighted by Gasteiger charge is 2.24. The molecule has 0 spiro atoms. The predicted molar refractivity (Wildman–Crippen MR) is 130 cm³/mol. The highest BCUT2D eigenvalue weighted by Crippen LogP contribution is 2.30. The molecular formula is C26H31N3O2S. The van der Waals surface area contributed by atoms with Gasteiger partial charge in [-0.25, -0.2) is 4.98 Å². The second kappa shape index (κ2) is 10.7. The summed E-state index contributed by atoms with van der Waals surface area (Å²) in [7, 11) is 1.68. The molecule has 1 atom stereocenters. The molecule has 3 aromatic rings. The summed E-state index contributed by atoms with van der Waals surface area (Å²) in [6.45, 7) is 4.61. The lowest BCUT2D eigenvalue weighted by atomic mass is 10.0. The quantitative estimate of drug-likeness (QED) is 0.519. The maximum atomic E-state index is 13.2. The van der Waals surface area contributed by atoms with E-state index in [4.69, 9.17) is 4.74 Å². The summed E-state index contributed by atoms with van der Waals surface area (Å²) in [5.74, 6) is 0.736. The molecule has 1 amide bonds. The first-order valence-electron chi connectivity index (χ1n) is 11.3. The number of amides is 1. The van der Waals surface area contributed by atoms with Gasteiger partial charge in [-0.2, -0.15) is 0 Å². The van der Waals surface area contributed by atoms with Crippen LogP contribution in [-0.2, 0) is 0 Å². The molecule has 1 aromatic heterocycles. The van der Waals surface area contributed by atoms with Gasteiger partial charge in [0.2, 0.25) is 0 Å². The summed E-state index contributed by atoms with van der Waals surface area (Å²) in [4.78, 5) is 21.2. The number of hydrogen-bond acceptors (Lipinski definition) is 5. The summed E-state index contributed by atoms with van der Waals surface area (Å²) in [6.07, 6.45) is 4.95. The van der Waals surface area contributed by atoms with E-state index in [2.05, 4.69) is 27.3 Å². The Hall–Kier alpha value is -2.70. The molecule has 1 fully saturated rings. The van der Waals surface area contributed by atoms with Crippen molar-refractivity contribution in [3.63, 3.8) is 0 Å². The second-order valence-electron chi connectivity index (χ2n) is 8.23. The molecule has 1 N–H and O–H groups in total. The van der Waals surface area contributed by atoms with Crippen LogP contribution >= 0.6 is 11.3 Å². The number of aryl methyl sites for hydroxylation is 1. The molecule has 0 radical (unpaired) electrons. The molecule has 1 saturated heterocycles. The fourth-order valence-electron chi connectivity index (χ4n) is 4.33. The minimum atomic E-state index is -0.110. The van der Waals surface area contributed by atoms with Crippen molar-refractivity contribution in [3.8, 4) is 16.2 Å². The van der Waals surface area contributed by atoms with Gasteiger partial charge in [-0.05, 0) is 56.1 Å². The van der Waals surface area contributed by atoms with Crippen molar-refractivity contribution in [1.82, 2.24) is 15.2 Å². The minimum Gasteiger partial charge on any atom is -0.497 e. The summed E-state index contributed by atoms with van der Waals surface area (Å²) in [5.41, 5.74) is 2.75. The van der Waals surface area contributed by atoms with E-state index >= 15 is 0 Å². The van der Waals surface area contributed by atoms with E-state index in [9.17, 15) is 4.79 Å². The maximum absolute atomic E-state index is 13.2. The van der Waals surface area contributed by atoms with Crippen LogP contribution in [0.1, 0.15) is 52.8 Å². The standard InChI is InChI=1S/C26H31N3O2S/c1-19-28-24(25(32-19)21-10-6-5-7-11-21)26(30)27-18-23(29-16-8-3-4-9-17-29)20-12-14-22(31-2)15-13-20/h5-7,10-15,23H,3-4,8-9,16-18H2,1-2H3,(H,27,30). The molecule has 4 rings (SSSR count). The molecule has 1 aliphatic heterocycles. The zero-order valence-corrected chi connectivity index (χ0v) is 19.7. The summed E-state index contributed by atoms with van der Waals surface area (Å²) < 4.78 is 5.34. The number of nitrogens with zero attached hydrogens (tertiary/aromatic N) is 2. The number of benzene rings is 2. The van der Waals surface area contributed by atoms with E-state index in [0.29, 0.717) is 12.2 Å². The van der Waals surface area contributed by atoms with E-state index in [-0.39, 0.29) is 11.9 Å². The second-order valence-corrected chi connectivity index (χ2v) is 9.43. The number of hydrogen-bond donors (Lipinski definition) is 1. The Labute approximate surface area is 194 Å². The zero-order valence-electron chi connectivity index (χ0n) is 18.8. The molecule has 0 saturated carbocycles. The molecule has 168 valence electrons. The van der Waals surface area contributed by atoms with Crippen LogP contribution in [0, 0.1) is 6.92 Å². The van der Waals surface area contributed by atoms with Crippen molar-refractivity contribution in [1.29, 1.82) is 0 Å². The number of nitrogens with one attached hydrogen (secondary N) is 1. The fourth-order valence-corrected chi connectivity index (χ4v) is 5.25. The number of aromatic nitrogens is 1. The molecule has 1 unspecified atom stereocenters. The third kappa shape index (κ3) is 5.37. The lowest BCUT2D eigenvalue weighted by Crippen LogP contribution is -2.39. The Bertz CT molecular complexity index is 1010. The van der Waals surface area contributed by atoms with Gasteiger partial charge in [0.15, 0.2) is 0 Å². The van der Waals surface area contributed by atoms with E-state index in [1.54, 1.807) is 18.4 Å². The Balaban J connectivity index is 1.54. The molecular weight excluding hydrogens is 418 g/mol. The van der Waals surface area contributed by atoms with Crippen LogP contribution in [-0.4, -0.2) is 42.5 Å². The van der Waals surface area contributed by atoms with Gasteiger partial charge < -0.3 is 10.1 Å². The Kier molecular flexibility index (Phi) is 7.55. The molecule has 0 aliphatic carbocycles. The third-order valence-corrected chi connectivity index (χ3v) is 7.04. The molecule has 1 aliphatic rings. The van der Waals surface area contributed by atoms with Crippen molar-refractivity contribution in [2.75, 3.05) is 26.7 Å². The molecule has 5 nitrogen and oxygen atoms in total. The predicted octanol–water partition coefficient (Wildman–Crippen LogP) is 5.47. The molecule has 2 aromatic carbocycles. The maximum Gasteiger partial charge on any atom is 0.271 e. The number of ether oxygens (including phenoxy) is 1. The number of methoxy groups -OCH3 is 1. The fraction of sp³-hybridized carbons (Fsp3) is 0.385. The lowest BCUT2D eigenvalue weighted by Gasteiger charge is -2.31. The molecule has 0 bridgehead atoms. The lowest BCUT2D eigenvalue weighted by molar-refractivity contribution is 0.0929. The summed E-state index contributed by atoms with van der Waals surface area (Å²) in [5, 5.41) is 4.10. The van der Waals surface area contributed by atoms with Crippen molar-refractivity contribution in [2.24, 2.45) is 0 Å². The molecule has 6 heteroatoms. The van der Waals surface area contributed by atoms with Gasteiger partial charge >= 0.3 is 0 Å². The Morgan fingerprint density at radius 3 is 2.41 bits per heavy atom. The third-order valence-electron chi connectivity index (χ3n) is 6.02. The van der Waals surface area contributed by atoms with Gasteiger partial charge in [0.05, 0.1) is 23.0 Å². The van der Waals surface area contributed by atoms with Crippen molar-refractivity contribution in [2.45, 2.75) is 38.6 Å². The van der Waals surface area contributed by atoms with Crippen LogP contribution in [0.25, 0.3) is 10.4 Å². The Morgan fingerprint density at radius 1 is 1.06 bits per heavy atom. The average Bonchev–Trinajstić information content (AvgIpc) is 3.03. The van der Waals surface area contributed by atoms with Gasteiger partial charge in [-0.3, -0.25) is 9.69 Å². The van der Waals surface area contributed by atoms with Gasteiger partial charge in [0, 0.05) is 6.54 Å². The highest BCUT2D eigenvalue weighted by atomic mass is 32.1. The van der Waals surface area contributed by atoms with Gasteiger partial charge in [0.1, 0.15) is 11.4 Å². The Morgan fingerprint density at radius 2 is 1.75 bits per heavy atom. The van der Waals surface area contributed by atoms with E-state index in [1.165, 1.54) is 31.2 Å². The van der Waals surface area contributed by atoms with Crippen molar-refractivity contribution in [3.05, 3.63) is 70.9 Å². The van der Waals surface area contributed by atoms with Crippen molar-refractivity contribution >= 4 is 17.2 Å². The first kappa shape index (κ1) is 22.5. The van der Waals surface area contributed by atoms with Crippen LogP contribution < -0.4 is 10.1 Å². The minimum absolute atomic E-state index is 0.110. The van der Waals surface area contributed by atoms with Crippen LogP contribution in [0.2, 0.25) is 0 Å². The first-order chi connectivity index (χ1) is 15.7. The monoisotopic (exact) mass is 449 g/mol. The topological polar surface area (TPSA) is 54.5 Å². The summed E-state index contributed by atoms with van der Waals surface area (Å²) in [6, 6.07) is 18.4. The van der Waals surface area contributed by atoms with E-state index in [1.807, 2.05) is 49.4 Å². The van der Waals surface area contributed by atoms with E-state index in [0.717, 1.165) is 34.3 Å². The van der Waals surface area contributed by atoms with Gasteiger partial charge in [0.25, 0.3) is 5.91 Å². The number of rotatable bonds is 7. The molecule has 2 heterocycles. The SMILES string of the molecule is COc1ccc(C(CNC(=O)c2nc(C)sc2-c2ccccc2)N2CCCCCC2)cc1. The number of likely N-dealkylation sites (tertiary alicyclic amines) is 1. The zero-order chi connectivity index (χ0) is 22.3.